The first-order chi connectivity index (χ1) is 12.4. The number of aromatic hydroxyl groups is 1. The number of carbonyl (C=O) groups excluding carboxylic acids is 2. The number of methoxy groups -OCH3 is 1. The largest absolute Gasteiger partial charge is 0.508 e. The predicted molar refractivity (Wildman–Crippen MR) is 95.4 cm³/mol. The van der Waals surface area contributed by atoms with Crippen molar-refractivity contribution in [3.05, 3.63) is 27.7 Å². The summed E-state index contributed by atoms with van der Waals surface area (Å²) in [5, 5.41) is 20.1. The van der Waals surface area contributed by atoms with Gasteiger partial charge in [0, 0.05) is 31.7 Å². The average molecular weight is 403 g/mol. The molecule has 3 rings (SSSR count). The summed E-state index contributed by atoms with van der Waals surface area (Å²) in [6.45, 7) is 0.257. The maximum absolute atomic E-state index is 12.5. The van der Waals surface area contributed by atoms with Gasteiger partial charge < -0.3 is 24.7 Å². The molecule has 2 heterocycles. The van der Waals surface area contributed by atoms with Crippen molar-refractivity contribution in [3.8, 4) is 5.75 Å². The van der Waals surface area contributed by atoms with Crippen LogP contribution in [0.3, 0.4) is 0 Å². The van der Waals surface area contributed by atoms with Gasteiger partial charge in [0.05, 0.1) is 29.2 Å². The van der Waals surface area contributed by atoms with Crippen LogP contribution in [-0.4, -0.2) is 77.3 Å². The van der Waals surface area contributed by atoms with Crippen LogP contribution in [0.15, 0.2) is 12.1 Å². The number of aliphatic hydroxyl groups excluding tert-OH is 1. The molecule has 9 heteroatoms. The second-order valence-corrected chi connectivity index (χ2v) is 7.34. The van der Waals surface area contributed by atoms with Gasteiger partial charge in [-0.05, 0) is 18.6 Å². The number of nitrogens with zero attached hydrogens (tertiary/aromatic N) is 2. The molecule has 2 saturated heterocycles. The molecule has 0 spiro atoms. The van der Waals surface area contributed by atoms with Gasteiger partial charge in [0.15, 0.2) is 6.10 Å². The van der Waals surface area contributed by atoms with E-state index in [4.69, 9.17) is 27.9 Å². The summed E-state index contributed by atoms with van der Waals surface area (Å²) >= 11 is 12.3. The highest BCUT2D eigenvalue weighted by atomic mass is 35.5. The molecule has 2 amide bonds. The summed E-state index contributed by atoms with van der Waals surface area (Å²) in [7, 11) is 1.34. The second kappa shape index (κ2) is 7.60. The number of amides is 2. The molecule has 0 aliphatic carbocycles. The molecule has 0 radical (unpaired) electrons. The summed E-state index contributed by atoms with van der Waals surface area (Å²) in [5.41, 5.74) is 0.532. The van der Waals surface area contributed by atoms with E-state index in [1.807, 2.05) is 0 Å². The lowest BCUT2D eigenvalue weighted by Gasteiger charge is -2.37. The summed E-state index contributed by atoms with van der Waals surface area (Å²) in [5.74, 6) is -0.705. The number of benzene rings is 1. The monoisotopic (exact) mass is 402 g/mol. The number of rotatable bonds is 4. The molecule has 2 N–H and O–H groups in total. The van der Waals surface area contributed by atoms with E-state index in [9.17, 15) is 19.8 Å². The van der Waals surface area contributed by atoms with Crippen LogP contribution >= 0.6 is 23.2 Å². The Balaban J connectivity index is 1.80. The molecular formula is C17H20Cl2N2O5. The first-order valence-corrected chi connectivity index (χ1v) is 9.01. The molecule has 1 aromatic carbocycles. The van der Waals surface area contributed by atoms with Gasteiger partial charge in [0.25, 0.3) is 5.91 Å². The minimum Gasteiger partial charge on any atom is -0.508 e. The average Bonchev–Trinajstić information content (AvgIpc) is 3.03. The van der Waals surface area contributed by atoms with E-state index >= 15 is 0 Å². The zero-order valence-electron chi connectivity index (χ0n) is 14.2. The number of ether oxygens (including phenoxy) is 1. The summed E-state index contributed by atoms with van der Waals surface area (Å²) < 4.78 is 4.96. The first kappa shape index (κ1) is 19.2. The number of phenolic OH excluding ortho intramolecular Hbond substituents is 1. The molecule has 7 nitrogen and oxygen atoms in total. The highest BCUT2D eigenvalue weighted by Gasteiger charge is 2.43. The lowest BCUT2D eigenvalue weighted by Crippen LogP contribution is -2.57. The van der Waals surface area contributed by atoms with Crippen molar-refractivity contribution in [1.82, 2.24) is 9.80 Å². The number of halogens is 2. The fourth-order valence-corrected chi connectivity index (χ4v) is 4.23. The number of piperazine rings is 1. The molecule has 26 heavy (non-hydrogen) atoms. The van der Waals surface area contributed by atoms with Gasteiger partial charge in [0.1, 0.15) is 5.75 Å². The predicted octanol–water partition coefficient (Wildman–Crippen LogP) is 1.23. The van der Waals surface area contributed by atoms with E-state index in [1.165, 1.54) is 24.1 Å². The fourth-order valence-electron chi connectivity index (χ4n) is 3.75. The smallest absolute Gasteiger partial charge is 0.254 e. The second-order valence-electron chi connectivity index (χ2n) is 6.55. The minimum absolute atomic E-state index is 0.0457. The highest BCUT2D eigenvalue weighted by Crippen LogP contribution is 2.43. The van der Waals surface area contributed by atoms with E-state index in [2.05, 4.69) is 0 Å². The van der Waals surface area contributed by atoms with Crippen molar-refractivity contribution in [2.24, 2.45) is 0 Å². The van der Waals surface area contributed by atoms with Crippen LogP contribution in [0.1, 0.15) is 17.9 Å². The minimum atomic E-state index is -0.974. The zero-order valence-corrected chi connectivity index (χ0v) is 15.7. The standard InChI is InChI=1S/C17H20Cl2N2O5/c1-26-13(8-22)17(25)20-6-10-4-9(5-21(10)14(24)7-20)15-12(23)3-2-11(18)16(15)19/h2-3,9-10,13,22-23H,4-8H2,1H3/t9-,10-,13+/m0/s1. The maximum atomic E-state index is 12.5. The van der Waals surface area contributed by atoms with Crippen molar-refractivity contribution in [2.45, 2.75) is 24.5 Å². The molecule has 142 valence electrons. The van der Waals surface area contributed by atoms with Crippen LogP contribution in [0.5, 0.6) is 5.75 Å². The third kappa shape index (κ3) is 3.36. The van der Waals surface area contributed by atoms with Crippen molar-refractivity contribution < 1.29 is 24.5 Å². The maximum Gasteiger partial charge on any atom is 0.254 e. The lowest BCUT2D eigenvalue weighted by molar-refractivity contribution is -0.154. The molecular weight excluding hydrogens is 383 g/mol. The molecule has 3 atom stereocenters. The van der Waals surface area contributed by atoms with Crippen LogP contribution < -0.4 is 0 Å². The zero-order chi connectivity index (χ0) is 19.0. The Hall–Kier alpha value is -1.54. The van der Waals surface area contributed by atoms with Crippen molar-refractivity contribution in [1.29, 1.82) is 0 Å². The van der Waals surface area contributed by atoms with Crippen LogP contribution in [0.4, 0.5) is 0 Å². The number of fused-ring (bicyclic) bond motifs is 1. The Bertz CT molecular complexity index is 725. The summed E-state index contributed by atoms with van der Waals surface area (Å²) in [4.78, 5) is 28.0. The van der Waals surface area contributed by atoms with E-state index in [-0.39, 0.29) is 35.2 Å². The number of aliphatic hydroxyl groups is 1. The van der Waals surface area contributed by atoms with E-state index in [0.717, 1.165) is 0 Å². The van der Waals surface area contributed by atoms with Crippen LogP contribution in [0, 0.1) is 0 Å². The Labute approximate surface area is 161 Å². The van der Waals surface area contributed by atoms with Gasteiger partial charge in [-0.3, -0.25) is 9.59 Å². The molecule has 2 fully saturated rings. The first-order valence-electron chi connectivity index (χ1n) is 8.26. The highest BCUT2D eigenvalue weighted by molar-refractivity contribution is 6.42. The third-order valence-corrected chi connectivity index (χ3v) is 5.87. The number of hydrogen-bond donors (Lipinski definition) is 2. The third-order valence-electron chi connectivity index (χ3n) is 5.05. The van der Waals surface area contributed by atoms with Crippen LogP contribution in [0.25, 0.3) is 0 Å². The molecule has 2 aliphatic rings. The number of hydrogen-bond acceptors (Lipinski definition) is 5. The van der Waals surface area contributed by atoms with E-state index in [1.54, 1.807) is 4.90 Å². The van der Waals surface area contributed by atoms with Gasteiger partial charge in [-0.15, -0.1) is 0 Å². The molecule has 0 aromatic heterocycles. The number of phenols is 1. The van der Waals surface area contributed by atoms with Crippen molar-refractivity contribution in [3.63, 3.8) is 0 Å². The normalized spacial score (nSPS) is 23.9. The van der Waals surface area contributed by atoms with Crippen molar-refractivity contribution >= 4 is 35.0 Å². The Morgan fingerprint density at radius 1 is 1.38 bits per heavy atom. The Morgan fingerprint density at radius 3 is 2.77 bits per heavy atom. The van der Waals surface area contributed by atoms with Gasteiger partial charge in [-0.2, -0.15) is 0 Å². The van der Waals surface area contributed by atoms with Gasteiger partial charge in [-0.25, -0.2) is 0 Å². The molecule has 2 aliphatic heterocycles. The van der Waals surface area contributed by atoms with Crippen LogP contribution in [-0.2, 0) is 14.3 Å². The van der Waals surface area contributed by atoms with Gasteiger partial charge in [-0.1, -0.05) is 23.2 Å². The van der Waals surface area contributed by atoms with E-state index in [0.29, 0.717) is 30.1 Å². The summed E-state index contributed by atoms with van der Waals surface area (Å²) in [6, 6.07) is 2.83. The quantitative estimate of drug-likeness (QED) is 0.790. The lowest BCUT2D eigenvalue weighted by atomic mass is 9.95. The fraction of sp³-hybridized carbons (Fsp3) is 0.529. The molecule has 0 unspecified atom stereocenters. The van der Waals surface area contributed by atoms with E-state index < -0.39 is 18.6 Å². The molecule has 1 aromatic rings. The molecule has 0 bridgehead atoms. The van der Waals surface area contributed by atoms with Gasteiger partial charge in [0.2, 0.25) is 5.91 Å². The van der Waals surface area contributed by atoms with Crippen LogP contribution in [0.2, 0.25) is 10.0 Å². The Morgan fingerprint density at radius 2 is 2.12 bits per heavy atom. The SMILES string of the molecule is CO[C@H](CO)C(=O)N1CC(=O)N2C[C@@H](c3c(O)ccc(Cl)c3Cl)C[C@H]2C1. The summed E-state index contributed by atoms with van der Waals surface area (Å²) in [6.07, 6.45) is -0.419. The topological polar surface area (TPSA) is 90.3 Å². The van der Waals surface area contributed by atoms with Crippen molar-refractivity contribution in [2.75, 3.05) is 33.4 Å². The Kier molecular flexibility index (Phi) is 5.62. The van der Waals surface area contributed by atoms with Gasteiger partial charge >= 0.3 is 0 Å². The molecule has 0 saturated carbocycles. The number of carbonyl (C=O) groups is 2.